The molecule has 4 rings (SSSR count). The Hall–Kier alpha value is -3.23. The number of likely N-dealkylation sites (tertiary alicyclic amines) is 1. The first kappa shape index (κ1) is 22.9. The third kappa shape index (κ3) is 5.77. The number of carbonyl (C=O) groups is 1. The van der Waals surface area contributed by atoms with Crippen LogP contribution in [-0.2, 0) is 4.79 Å². The Labute approximate surface area is 196 Å². The van der Waals surface area contributed by atoms with Crippen LogP contribution in [0.1, 0.15) is 19.3 Å². The van der Waals surface area contributed by atoms with Crippen LogP contribution in [-0.4, -0.2) is 47.6 Å². The van der Waals surface area contributed by atoms with Crippen LogP contribution in [0.15, 0.2) is 48.8 Å². The summed E-state index contributed by atoms with van der Waals surface area (Å²) < 4.78 is 24.4. The Balaban J connectivity index is 1.55. The number of esters is 1. The lowest BCUT2D eigenvalue weighted by molar-refractivity contribution is -0.129. The molecular weight excluding hydrogens is 447 g/mol. The maximum absolute atomic E-state index is 13.5. The van der Waals surface area contributed by atoms with Gasteiger partial charge in [0, 0.05) is 29.8 Å². The molecule has 172 valence electrons. The number of ether oxygens (including phenoxy) is 2. The van der Waals surface area contributed by atoms with Crippen molar-refractivity contribution in [2.45, 2.75) is 19.3 Å². The second-order valence-corrected chi connectivity index (χ2v) is 8.09. The second kappa shape index (κ2) is 10.6. The summed E-state index contributed by atoms with van der Waals surface area (Å²) in [6, 6.07) is 7.58. The molecule has 9 heteroatoms. The second-order valence-electron chi connectivity index (χ2n) is 7.68. The first-order chi connectivity index (χ1) is 16.0. The molecule has 1 aliphatic heterocycles. The maximum atomic E-state index is 13.5. The van der Waals surface area contributed by atoms with Gasteiger partial charge in [-0.05, 0) is 50.2 Å². The molecule has 0 atom stereocenters. The van der Waals surface area contributed by atoms with Gasteiger partial charge in [-0.1, -0.05) is 24.1 Å². The molecule has 1 aromatic heterocycles. The third-order valence-electron chi connectivity index (χ3n) is 5.38. The van der Waals surface area contributed by atoms with Crippen molar-refractivity contribution in [1.29, 1.82) is 0 Å². The lowest BCUT2D eigenvalue weighted by Gasteiger charge is -2.24. The molecule has 0 spiro atoms. The highest BCUT2D eigenvalue weighted by Gasteiger charge is 2.15. The smallest absolute Gasteiger partial charge is 0.336 e. The van der Waals surface area contributed by atoms with Crippen molar-refractivity contribution in [1.82, 2.24) is 14.9 Å². The third-order valence-corrected chi connectivity index (χ3v) is 5.67. The van der Waals surface area contributed by atoms with Crippen molar-refractivity contribution in [2.75, 3.05) is 32.1 Å². The molecule has 0 saturated carbocycles. The number of piperidine rings is 1. The summed E-state index contributed by atoms with van der Waals surface area (Å²) in [5, 5.41) is 3.69. The van der Waals surface area contributed by atoms with Crippen molar-refractivity contribution < 1.29 is 18.7 Å². The van der Waals surface area contributed by atoms with E-state index in [-0.39, 0.29) is 10.8 Å². The normalized spacial score (nSPS) is 14.5. The van der Waals surface area contributed by atoms with E-state index in [1.807, 2.05) is 6.08 Å². The number of halogens is 2. The molecule has 7 nitrogen and oxygen atoms in total. The zero-order valence-corrected chi connectivity index (χ0v) is 18.9. The van der Waals surface area contributed by atoms with Crippen LogP contribution in [0.2, 0.25) is 5.02 Å². The molecule has 0 bridgehead atoms. The van der Waals surface area contributed by atoms with Gasteiger partial charge in [-0.2, -0.15) is 0 Å². The zero-order chi connectivity index (χ0) is 23.2. The van der Waals surface area contributed by atoms with Crippen LogP contribution in [0.4, 0.5) is 15.9 Å². The predicted molar refractivity (Wildman–Crippen MR) is 126 cm³/mol. The van der Waals surface area contributed by atoms with E-state index in [1.54, 1.807) is 18.2 Å². The molecule has 0 radical (unpaired) electrons. The molecule has 33 heavy (non-hydrogen) atoms. The van der Waals surface area contributed by atoms with Crippen LogP contribution in [0, 0.1) is 5.82 Å². The number of hydrogen-bond acceptors (Lipinski definition) is 7. The summed E-state index contributed by atoms with van der Waals surface area (Å²) in [6.45, 7) is 2.81. The molecule has 1 fully saturated rings. The number of nitrogens with one attached hydrogen (secondary N) is 1. The van der Waals surface area contributed by atoms with Gasteiger partial charge in [0.05, 0.1) is 17.6 Å². The van der Waals surface area contributed by atoms with Crippen LogP contribution >= 0.6 is 11.6 Å². The fourth-order valence-electron chi connectivity index (χ4n) is 3.70. The van der Waals surface area contributed by atoms with E-state index in [1.165, 1.54) is 50.9 Å². The summed E-state index contributed by atoms with van der Waals surface area (Å²) in [7, 11) is 1.49. The van der Waals surface area contributed by atoms with Crippen molar-refractivity contribution in [3.05, 3.63) is 59.7 Å². The number of methoxy groups -OCH3 is 1. The van der Waals surface area contributed by atoms with Crippen molar-refractivity contribution in [2.24, 2.45) is 0 Å². The number of fused-ring (bicyclic) bond motifs is 1. The van der Waals surface area contributed by atoms with E-state index in [4.69, 9.17) is 21.1 Å². The number of rotatable bonds is 7. The van der Waals surface area contributed by atoms with E-state index in [0.717, 1.165) is 13.1 Å². The number of nitrogens with zero attached hydrogens (tertiary/aromatic N) is 3. The van der Waals surface area contributed by atoms with E-state index >= 15 is 0 Å². The number of benzene rings is 2. The van der Waals surface area contributed by atoms with Gasteiger partial charge in [0.25, 0.3) is 0 Å². The molecular formula is C24H24ClFN4O3. The first-order valence-corrected chi connectivity index (χ1v) is 11.1. The lowest BCUT2D eigenvalue weighted by atomic mass is 10.1. The summed E-state index contributed by atoms with van der Waals surface area (Å²) in [5.41, 5.74) is 1.13. The highest BCUT2D eigenvalue weighted by atomic mass is 35.5. The largest absolute Gasteiger partial charge is 0.493 e. The SMILES string of the molecule is COc1cc2ncnc(Nc3ccc(F)c(Cl)c3)c2cc1OC(=O)/C=C/CN1CCCCC1. The standard InChI is InChI=1S/C24H24ClFN4O3/c1-32-21-14-20-17(24(28-15-27-20)29-16-7-8-19(26)18(25)12-16)13-22(21)33-23(31)6-5-11-30-9-3-2-4-10-30/h5-8,12-15H,2-4,9-11H2,1H3,(H,27,28,29)/b6-5+. The number of hydrogen-bond donors (Lipinski definition) is 1. The monoisotopic (exact) mass is 470 g/mol. The van der Waals surface area contributed by atoms with Gasteiger partial charge in [0.15, 0.2) is 11.5 Å². The fraction of sp³-hybridized carbons (Fsp3) is 0.292. The van der Waals surface area contributed by atoms with E-state index < -0.39 is 11.8 Å². The number of carbonyl (C=O) groups excluding carboxylic acids is 1. The quantitative estimate of drug-likeness (QED) is 0.291. The van der Waals surface area contributed by atoms with E-state index in [0.29, 0.717) is 34.7 Å². The minimum absolute atomic E-state index is 0.00834. The van der Waals surface area contributed by atoms with Gasteiger partial charge in [0.2, 0.25) is 0 Å². The summed E-state index contributed by atoms with van der Waals surface area (Å²) in [6.07, 6.45) is 8.28. The Kier molecular flexibility index (Phi) is 7.36. The molecule has 1 saturated heterocycles. The Morgan fingerprint density at radius 3 is 2.76 bits per heavy atom. The number of anilines is 2. The highest BCUT2D eigenvalue weighted by Crippen LogP contribution is 2.35. The Morgan fingerprint density at radius 2 is 2.00 bits per heavy atom. The molecule has 2 heterocycles. The van der Waals surface area contributed by atoms with Crippen molar-refractivity contribution in [3.8, 4) is 11.5 Å². The minimum atomic E-state index is -0.512. The molecule has 3 aromatic rings. The topological polar surface area (TPSA) is 76.6 Å². The maximum Gasteiger partial charge on any atom is 0.336 e. The van der Waals surface area contributed by atoms with Crippen molar-refractivity contribution in [3.63, 3.8) is 0 Å². The average molecular weight is 471 g/mol. The first-order valence-electron chi connectivity index (χ1n) is 10.7. The van der Waals surface area contributed by atoms with Gasteiger partial charge in [-0.25, -0.2) is 19.2 Å². The van der Waals surface area contributed by atoms with Gasteiger partial charge in [0.1, 0.15) is 18.0 Å². The Bertz CT molecular complexity index is 1180. The van der Waals surface area contributed by atoms with Gasteiger partial charge in [-0.3, -0.25) is 4.90 Å². The van der Waals surface area contributed by atoms with Crippen LogP contribution < -0.4 is 14.8 Å². The summed E-state index contributed by atoms with van der Waals surface area (Å²) in [4.78, 5) is 23.3. The van der Waals surface area contributed by atoms with Crippen LogP contribution in [0.5, 0.6) is 11.5 Å². The van der Waals surface area contributed by atoms with Gasteiger partial charge >= 0.3 is 5.97 Å². The summed E-state index contributed by atoms with van der Waals surface area (Å²) >= 11 is 5.88. The average Bonchev–Trinajstić information content (AvgIpc) is 2.82. The molecule has 0 unspecified atom stereocenters. The molecule has 1 aliphatic rings. The van der Waals surface area contributed by atoms with Crippen molar-refractivity contribution >= 4 is 40.0 Å². The highest BCUT2D eigenvalue weighted by molar-refractivity contribution is 6.31. The van der Waals surface area contributed by atoms with Crippen LogP contribution in [0.25, 0.3) is 10.9 Å². The Morgan fingerprint density at radius 1 is 1.18 bits per heavy atom. The van der Waals surface area contributed by atoms with E-state index in [2.05, 4.69) is 20.2 Å². The number of aromatic nitrogens is 2. The minimum Gasteiger partial charge on any atom is -0.493 e. The molecule has 2 aromatic carbocycles. The molecule has 0 aliphatic carbocycles. The molecule has 0 amide bonds. The predicted octanol–water partition coefficient (Wildman–Crippen LogP) is 5.12. The van der Waals surface area contributed by atoms with Gasteiger partial charge in [-0.15, -0.1) is 0 Å². The van der Waals surface area contributed by atoms with Crippen LogP contribution in [0.3, 0.4) is 0 Å². The molecule has 1 N–H and O–H groups in total. The van der Waals surface area contributed by atoms with Gasteiger partial charge < -0.3 is 14.8 Å². The zero-order valence-electron chi connectivity index (χ0n) is 18.2. The lowest BCUT2D eigenvalue weighted by Crippen LogP contribution is -2.29. The fourth-order valence-corrected chi connectivity index (χ4v) is 3.88. The van der Waals surface area contributed by atoms with E-state index in [9.17, 15) is 9.18 Å². The summed E-state index contributed by atoms with van der Waals surface area (Å²) in [5.74, 6) is 0.0500.